The van der Waals surface area contributed by atoms with Crippen LogP contribution in [0.1, 0.15) is 134 Å². The first-order valence-corrected chi connectivity index (χ1v) is 23.8. The molecule has 0 bridgehead atoms. The lowest BCUT2D eigenvalue weighted by Crippen LogP contribution is -2.27. The maximum atomic E-state index is 7.08. The van der Waals surface area contributed by atoms with Crippen molar-refractivity contribution >= 4 is 38.9 Å². The molecule has 5 heteroatoms. The van der Waals surface area contributed by atoms with Gasteiger partial charge in [-0.05, 0) is 111 Å². The molecular formula is C61H66N4O. The number of rotatable bonds is 10. The van der Waals surface area contributed by atoms with Crippen LogP contribution in [0.3, 0.4) is 0 Å². The van der Waals surface area contributed by atoms with E-state index >= 15 is 0 Å². The van der Waals surface area contributed by atoms with Crippen molar-refractivity contribution in [1.29, 1.82) is 0 Å². The van der Waals surface area contributed by atoms with E-state index in [-0.39, 0.29) is 16.2 Å². The van der Waals surface area contributed by atoms with Crippen LogP contribution in [0.25, 0.3) is 33.3 Å². The van der Waals surface area contributed by atoms with E-state index in [4.69, 9.17) is 9.72 Å². The van der Waals surface area contributed by atoms with Gasteiger partial charge in [-0.1, -0.05) is 162 Å². The van der Waals surface area contributed by atoms with Gasteiger partial charge in [0.2, 0.25) is 0 Å². The number of anilines is 2. The molecule has 6 aromatic carbocycles. The van der Waals surface area contributed by atoms with Crippen LogP contribution in [-0.4, -0.2) is 16.2 Å². The Hall–Kier alpha value is -6.59. The molecule has 0 atom stereocenters. The minimum Gasteiger partial charge on any atom is -0.457 e. The molecule has 3 heterocycles. The quantitative estimate of drug-likeness (QED) is 0.137. The molecule has 0 aliphatic carbocycles. The highest BCUT2D eigenvalue weighted by molar-refractivity contribution is 6.09. The summed E-state index contributed by atoms with van der Waals surface area (Å²) < 4.78 is 9.38. The summed E-state index contributed by atoms with van der Waals surface area (Å²) in [4.78, 5) is 9.95. The molecule has 0 unspecified atom stereocenters. The average molecular weight is 871 g/mol. The van der Waals surface area contributed by atoms with Crippen LogP contribution >= 0.6 is 0 Å². The summed E-state index contributed by atoms with van der Waals surface area (Å²) in [6.07, 6.45) is 4.33. The number of pyridine rings is 1. The van der Waals surface area contributed by atoms with Crippen molar-refractivity contribution in [2.24, 2.45) is 0 Å². The first-order valence-electron chi connectivity index (χ1n) is 23.8. The van der Waals surface area contributed by atoms with Crippen molar-refractivity contribution in [2.45, 2.75) is 111 Å². The summed E-state index contributed by atoms with van der Waals surface area (Å²) in [6, 6.07) is 53.0. The molecule has 0 N–H and O–H groups in total. The lowest BCUT2D eigenvalue weighted by Gasteiger charge is -2.30. The minimum absolute atomic E-state index is 0.0293. The number of ether oxygens (including phenoxy) is 1. The highest BCUT2D eigenvalue weighted by Gasteiger charge is 2.31. The third kappa shape index (κ3) is 8.41. The number of aromatic nitrogens is 2. The lowest BCUT2D eigenvalue weighted by atomic mass is 9.78. The van der Waals surface area contributed by atoms with Gasteiger partial charge in [0.05, 0.1) is 23.4 Å². The fourth-order valence-electron chi connectivity index (χ4n) is 9.64. The summed E-state index contributed by atoms with van der Waals surface area (Å²) in [5.74, 6) is 3.15. The van der Waals surface area contributed by atoms with E-state index in [1.54, 1.807) is 0 Å². The predicted molar refractivity (Wildman–Crippen MR) is 280 cm³/mol. The minimum atomic E-state index is -0.215. The summed E-state index contributed by atoms with van der Waals surface area (Å²) in [6.45, 7) is 28.2. The molecule has 0 fully saturated rings. The monoisotopic (exact) mass is 871 g/mol. The number of hydrogen-bond acceptors (Lipinski definition) is 4. The number of benzene rings is 6. The maximum Gasteiger partial charge on any atom is 0.137 e. The van der Waals surface area contributed by atoms with E-state index < -0.39 is 0 Å². The molecule has 336 valence electrons. The van der Waals surface area contributed by atoms with Crippen LogP contribution in [0.4, 0.5) is 11.4 Å². The SMILES string of the molecule is CC(C)c1cccc(C(C)C)c1C1=CN(c2cccc(C(C)(C)C)c2)CN1c1cc(Oc2ccc3c4ccccc4n(-c4cc(C(C)(C)c5ccccc5)ccn4)c3c2)cc(C(C)(C)C)c1. The third-order valence-electron chi connectivity index (χ3n) is 13.7. The van der Waals surface area contributed by atoms with Crippen molar-refractivity contribution in [3.05, 3.63) is 197 Å². The van der Waals surface area contributed by atoms with Crippen molar-refractivity contribution in [2.75, 3.05) is 16.5 Å². The second kappa shape index (κ2) is 17.0. The molecule has 1 aliphatic rings. The second-order valence-electron chi connectivity index (χ2n) is 21.5. The van der Waals surface area contributed by atoms with Gasteiger partial charge in [-0.3, -0.25) is 4.57 Å². The Balaban J connectivity index is 1.17. The van der Waals surface area contributed by atoms with Gasteiger partial charge in [-0.15, -0.1) is 0 Å². The van der Waals surface area contributed by atoms with E-state index in [9.17, 15) is 0 Å². The van der Waals surface area contributed by atoms with Crippen LogP contribution in [0.2, 0.25) is 0 Å². The zero-order chi connectivity index (χ0) is 46.7. The highest BCUT2D eigenvalue weighted by atomic mass is 16.5. The molecule has 9 rings (SSSR count). The van der Waals surface area contributed by atoms with Crippen LogP contribution < -0.4 is 14.5 Å². The van der Waals surface area contributed by atoms with Crippen LogP contribution in [0, 0.1) is 0 Å². The first-order chi connectivity index (χ1) is 31.4. The average Bonchev–Trinajstić information content (AvgIpc) is 3.88. The van der Waals surface area contributed by atoms with Crippen molar-refractivity contribution in [1.82, 2.24) is 9.55 Å². The Labute approximate surface area is 393 Å². The Bertz CT molecular complexity index is 3070. The van der Waals surface area contributed by atoms with Crippen LogP contribution in [-0.2, 0) is 16.2 Å². The summed E-state index contributed by atoms with van der Waals surface area (Å²) in [7, 11) is 0. The lowest BCUT2D eigenvalue weighted by molar-refractivity contribution is 0.479. The summed E-state index contributed by atoms with van der Waals surface area (Å²) >= 11 is 0. The number of para-hydroxylation sites is 1. The van der Waals surface area contributed by atoms with Crippen LogP contribution in [0.5, 0.6) is 11.5 Å². The van der Waals surface area contributed by atoms with Gasteiger partial charge in [0.1, 0.15) is 17.3 Å². The molecule has 5 nitrogen and oxygen atoms in total. The molecule has 0 saturated heterocycles. The molecule has 2 aromatic heterocycles. The van der Waals surface area contributed by atoms with Crippen LogP contribution in [0.15, 0.2) is 158 Å². The number of fused-ring (bicyclic) bond motifs is 3. The Kier molecular flexibility index (Phi) is 11.5. The van der Waals surface area contributed by atoms with E-state index in [2.05, 4.69) is 249 Å². The maximum absolute atomic E-state index is 7.08. The Morgan fingerprint density at radius 3 is 1.85 bits per heavy atom. The molecule has 0 spiro atoms. The standard InChI is InChI=1S/C61H66N4O/c1-40(2)50-25-19-26-51(41(3)4)58(50)56-38-63(46-23-18-22-43(32-46)59(5,6)7)39-64(56)47-33-45(60(8,9)10)34-49(36-47)66-48-28-29-53-52-24-16-17-27-54(52)65(55(53)37-48)57-35-44(30-31-62-57)61(11,12)42-20-14-13-15-21-42/h13-38,40-41H,39H2,1-12H3. The first kappa shape index (κ1) is 44.6. The van der Waals surface area contributed by atoms with E-state index in [1.165, 1.54) is 55.7 Å². The summed E-state index contributed by atoms with van der Waals surface area (Å²) in [5.41, 5.74) is 14.4. The largest absolute Gasteiger partial charge is 0.457 e. The molecular weight excluding hydrogens is 805 g/mol. The molecule has 1 aliphatic heterocycles. The molecule has 66 heavy (non-hydrogen) atoms. The fourth-order valence-corrected chi connectivity index (χ4v) is 9.64. The van der Waals surface area contributed by atoms with Gasteiger partial charge in [-0.25, -0.2) is 4.98 Å². The fraction of sp³-hybridized carbons (Fsp3) is 0.295. The topological polar surface area (TPSA) is 33.5 Å². The van der Waals surface area contributed by atoms with E-state index in [1.807, 2.05) is 6.20 Å². The second-order valence-corrected chi connectivity index (χ2v) is 21.5. The van der Waals surface area contributed by atoms with Gasteiger partial charge >= 0.3 is 0 Å². The van der Waals surface area contributed by atoms with Gasteiger partial charge in [0.15, 0.2) is 0 Å². The number of hydrogen-bond donors (Lipinski definition) is 0. The summed E-state index contributed by atoms with van der Waals surface area (Å²) in [5, 5.41) is 2.34. The molecule has 0 amide bonds. The number of nitrogens with zero attached hydrogens (tertiary/aromatic N) is 4. The Morgan fingerprint density at radius 2 is 1.15 bits per heavy atom. The van der Waals surface area contributed by atoms with Crippen molar-refractivity contribution in [3.8, 4) is 17.3 Å². The molecule has 0 saturated carbocycles. The molecule has 8 aromatic rings. The van der Waals surface area contributed by atoms with Crippen molar-refractivity contribution in [3.63, 3.8) is 0 Å². The van der Waals surface area contributed by atoms with Gasteiger partial charge in [0, 0.05) is 57.7 Å². The van der Waals surface area contributed by atoms with E-state index in [0.717, 1.165) is 39.4 Å². The van der Waals surface area contributed by atoms with Gasteiger partial charge < -0.3 is 14.5 Å². The van der Waals surface area contributed by atoms with Gasteiger partial charge in [-0.2, -0.15) is 0 Å². The zero-order valence-corrected chi connectivity index (χ0v) is 41.1. The van der Waals surface area contributed by atoms with Crippen molar-refractivity contribution < 1.29 is 4.74 Å². The normalized spacial score (nSPS) is 13.7. The predicted octanol–water partition coefficient (Wildman–Crippen LogP) is 16.4. The van der Waals surface area contributed by atoms with Gasteiger partial charge in [0.25, 0.3) is 0 Å². The van der Waals surface area contributed by atoms with E-state index in [0.29, 0.717) is 18.5 Å². The third-order valence-corrected chi connectivity index (χ3v) is 13.7. The Morgan fingerprint density at radius 1 is 0.515 bits per heavy atom. The zero-order valence-electron chi connectivity index (χ0n) is 41.1. The highest BCUT2D eigenvalue weighted by Crippen LogP contribution is 2.44. The molecule has 0 radical (unpaired) electrons. The smallest absolute Gasteiger partial charge is 0.137 e.